The highest BCUT2D eigenvalue weighted by molar-refractivity contribution is 5.04. The molecule has 1 fully saturated rings. The lowest BCUT2D eigenvalue weighted by Crippen LogP contribution is -2.36. The Labute approximate surface area is 116 Å². The number of aryl methyl sites for hydroxylation is 1. The molecule has 0 unspecified atom stereocenters. The van der Waals surface area contributed by atoms with Gasteiger partial charge in [0.1, 0.15) is 0 Å². The maximum Gasteiger partial charge on any atom is 0.222 e. The van der Waals surface area contributed by atoms with Crippen molar-refractivity contribution in [1.82, 2.24) is 15.5 Å². The van der Waals surface area contributed by atoms with E-state index in [-0.39, 0.29) is 11.0 Å². The number of nitrogens with zero attached hydrogens (tertiary/aromatic N) is 2. The van der Waals surface area contributed by atoms with Crippen molar-refractivity contribution in [3.63, 3.8) is 0 Å². The third-order valence-electron chi connectivity index (χ3n) is 3.91. The molecule has 1 N–H and O–H groups in total. The number of hydrogen-bond donors (Lipinski definition) is 1. The van der Waals surface area contributed by atoms with Crippen LogP contribution in [0.1, 0.15) is 71.6 Å². The van der Waals surface area contributed by atoms with Crippen LogP contribution in [0.25, 0.3) is 0 Å². The smallest absolute Gasteiger partial charge is 0.222 e. The fourth-order valence-corrected chi connectivity index (χ4v) is 2.67. The van der Waals surface area contributed by atoms with Gasteiger partial charge in [0.05, 0.1) is 0 Å². The summed E-state index contributed by atoms with van der Waals surface area (Å²) < 4.78 is 5.85. The van der Waals surface area contributed by atoms with Gasteiger partial charge in [0.25, 0.3) is 0 Å². The standard InChI is InChI=1S/C15H27N3O/c1-14(2,3)16-11-7-8-12-17-18-13(19-12)15(4)9-5-6-10-15/h16H,5-11H2,1-4H3. The summed E-state index contributed by atoms with van der Waals surface area (Å²) in [6.45, 7) is 9.77. The Balaban J connectivity index is 1.81. The molecule has 0 atom stereocenters. The Morgan fingerprint density at radius 3 is 2.53 bits per heavy atom. The minimum Gasteiger partial charge on any atom is -0.425 e. The van der Waals surface area contributed by atoms with E-state index < -0.39 is 0 Å². The van der Waals surface area contributed by atoms with Crippen LogP contribution in [0.3, 0.4) is 0 Å². The third kappa shape index (κ3) is 4.03. The Morgan fingerprint density at radius 1 is 1.21 bits per heavy atom. The van der Waals surface area contributed by atoms with Crippen molar-refractivity contribution < 1.29 is 4.42 Å². The maximum atomic E-state index is 5.85. The van der Waals surface area contributed by atoms with E-state index in [2.05, 4.69) is 43.2 Å². The predicted molar refractivity (Wildman–Crippen MR) is 76.2 cm³/mol. The number of rotatable bonds is 5. The van der Waals surface area contributed by atoms with Gasteiger partial charge >= 0.3 is 0 Å². The minimum atomic E-state index is 0.134. The van der Waals surface area contributed by atoms with Crippen molar-refractivity contribution in [2.24, 2.45) is 0 Å². The second kappa shape index (κ2) is 5.61. The van der Waals surface area contributed by atoms with Crippen LogP contribution in [0.2, 0.25) is 0 Å². The van der Waals surface area contributed by atoms with Gasteiger partial charge in [-0.3, -0.25) is 0 Å². The second-order valence-corrected chi connectivity index (χ2v) is 7.05. The molecule has 0 radical (unpaired) electrons. The molecule has 1 saturated carbocycles. The Hall–Kier alpha value is -0.900. The number of hydrogen-bond acceptors (Lipinski definition) is 4. The first-order valence-electron chi connectivity index (χ1n) is 7.47. The quantitative estimate of drug-likeness (QED) is 0.830. The molecule has 0 bridgehead atoms. The van der Waals surface area contributed by atoms with Gasteiger partial charge in [-0.2, -0.15) is 0 Å². The second-order valence-electron chi connectivity index (χ2n) is 7.05. The molecular formula is C15H27N3O. The van der Waals surface area contributed by atoms with Gasteiger partial charge in [0.15, 0.2) is 0 Å². The first kappa shape index (κ1) is 14.5. The van der Waals surface area contributed by atoms with Crippen LogP contribution in [-0.2, 0) is 11.8 Å². The molecule has 1 aromatic rings. The van der Waals surface area contributed by atoms with Gasteiger partial charge < -0.3 is 9.73 Å². The van der Waals surface area contributed by atoms with Crippen molar-refractivity contribution in [1.29, 1.82) is 0 Å². The van der Waals surface area contributed by atoms with Crippen LogP contribution in [0, 0.1) is 0 Å². The normalized spacial score (nSPS) is 18.9. The highest BCUT2D eigenvalue weighted by atomic mass is 16.4. The molecule has 2 rings (SSSR count). The van der Waals surface area contributed by atoms with E-state index in [0.29, 0.717) is 0 Å². The summed E-state index contributed by atoms with van der Waals surface area (Å²) in [4.78, 5) is 0. The topological polar surface area (TPSA) is 51.0 Å². The molecule has 4 nitrogen and oxygen atoms in total. The summed E-state index contributed by atoms with van der Waals surface area (Å²) >= 11 is 0. The molecule has 108 valence electrons. The monoisotopic (exact) mass is 265 g/mol. The van der Waals surface area contributed by atoms with Crippen LogP contribution in [0.5, 0.6) is 0 Å². The maximum absolute atomic E-state index is 5.85. The van der Waals surface area contributed by atoms with Gasteiger partial charge in [-0.15, -0.1) is 10.2 Å². The van der Waals surface area contributed by atoms with Crippen LogP contribution < -0.4 is 5.32 Å². The number of nitrogens with one attached hydrogen (secondary N) is 1. The summed E-state index contributed by atoms with van der Waals surface area (Å²) in [5, 5.41) is 11.9. The van der Waals surface area contributed by atoms with Crippen LogP contribution in [0.4, 0.5) is 0 Å². The van der Waals surface area contributed by atoms with Crippen LogP contribution in [-0.4, -0.2) is 22.3 Å². The first-order valence-corrected chi connectivity index (χ1v) is 7.47. The number of aromatic nitrogens is 2. The lowest BCUT2D eigenvalue weighted by molar-refractivity contribution is 0.333. The van der Waals surface area contributed by atoms with Crippen molar-refractivity contribution in [3.05, 3.63) is 11.8 Å². The fourth-order valence-electron chi connectivity index (χ4n) is 2.67. The molecule has 0 amide bonds. The highest BCUT2D eigenvalue weighted by Gasteiger charge is 2.35. The van der Waals surface area contributed by atoms with E-state index in [0.717, 1.165) is 31.2 Å². The van der Waals surface area contributed by atoms with E-state index in [1.165, 1.54) is 25.7 Å². The van der Waals surface area contributed by atoms with Gasteiger partial charge in [0.2, 0.25) is 11.8 Å². The van der Waals surface area contributed by atoms with Crippen molar-refractivity contribution in [2.45, 2.75) is 77.2 Å². The van der Waals surface area contributed by atoms with Crippen LogP contribution >= 0.6 is 0 Å². The van der Waals surface area contributed by atoms with Gasteiger partial charge in [-0.25, -0.2) is 0 Å². The van der Waals surface area contributed by atoms with E-state index in [1.54, 1.807) is 0 Å². The SMILES string of the molecule is CC(C)(C)NCCCc1nnc(C2(C)CCCC2)o1. The zero-order valence-electron chi connectivity index (χ0n) is 12.8. The molecule has 1 heterocycles. The molecule has 0 aliphatic heterocycles. The summed E-state index contributed by atoms with van der Waals surface area (Å²) in [6, 6.07) is 0. The molecule has 4 heteroatoms. The van der Waals surface area contributed by atoms with Crippen molar-refractivity contribution in [3.8, 4) is 0 Å². The fraction of sp³-hybridized carbons (Fsp3) is 0.867. The van der Waals surface area contributed by atoms with Crippen LogP contribution in [0.15, 0.2) is 4.42 Å². The zero-order chi connectivity index (χ0) is 13.9. The Kier molecular flexibility index (Phi) is 4.29. The summed E-state index contributed by atoms with van der Waals surface area (Å²) in [5.74, 6) is 1.64. The summed E-state index contributed by atoms with van der Waals surface area (Å²) in [7, 11) is 0. The lowest BCUT2D eigenvalue weighted by Gasteiger charge is -2.20. The third-order valence-corrected chi connectivity index (χ3v) is 3.91. The predicted octanol–water partition coefficient (Wildman–Crippen LogP) is 3.22. The zero-order valence-corrected chi connectivity index (χ0v) is 12.8. The summed E-state index contributed by atoms with van der Waals surface area (Å²) in [5.41, 5.74) is 0.312. The average Bonchev–Trinajstić information content (AvgIpc) is 2.93. The average molecular weight is 265 g/mol. The molecule has 0 spiro atoms. The molecule has 19 heavy (non-hydrogen) atoms. The molecule has 1 aliphatic carbocycles. The summed E-state index contributed by atoms with van der Waals surface area (Å²) in [6.07, 6.45) is 6.83. The highest BCUT2D eigenvalue weighted by Crippen LogP contribution is 2.39. The Bertz CT molecular complexity index is 400. The minimum absolute atomic E-state index is 0.134. The van der Waals surface area contributed by atoms with Crippen molar-refractivity contribution in [2.75, 3.05) is 6.54 Å². The lowest BCUT2D eigenvalue weighted by atomic mass is 9.89. The van der Waals surface area contributed by atoms with Gasteiger partial charge in [0, 0.05) is 17.4 Å². The van der Waals surface area contributed by atoms with E-state index >= 15 is 0 Å². The van der Waals surface area contributed by atoms with E-state index in [4.69, 9.17) is 4.42 Å². The molecule has 1 aromatic heterocycles. The van der Waals surface area contributed by atoms with E-state index in [9.17, 15) is 0 Å². The van der Waals surface area contributed by atoms with Gasteiger partial charge in [-0.1, -0.05) is 19.8 Å². The van der Waals surface area contributed by atoms with E-state index in [1.807, 2.05) is 0 Å². The molecule has 1 aliphatic rings. The molecule has 0 aromatic carbocycles. The largest absolute Gasteiger partial charge is 0.425 e. The molecular weight excluding hydrogens is 238 g/mol. The van der Waals surface area contributed by atoms with Gasteiger partial charge in [-0.05, 0) is 46.6 Å². The Morgan fingerprint density at radius 2 is 1.89 bits per heavy atom. The first-order chi connectivity index (χ1) is 8.89. The molecule has 0 saturated heterocycles. The van der Waals surface area contributed by atoms with Crippen molar-refractivity contribution >= 4 is 0 Å².